The smallest absolute Gasteiger partial charge is 0.0439 e. The van der Waals surface area contributed by atoms with Gasteiger partial charge in [0.2, 0.25) is 0 Å². The van der Waals surface area contributed by atoms with E-state index in [0.29, 0.717) is 0 Å². The zero-order valence-electron chi connectivity index (χ0n) is 10.1. The maximum absolute atomic E-state index is 8.73. The Morgan fingerprint density at radius 1 is 1.38 bits per heavy atom. The molecule has 0 heterocycles. The summed E-state index contributed by atoms with van der Waals surface area (Å²) >= 11 is 1.82. The fourth-order valence-electron chi connectivity index (χ4n) is 1.50. The highest BCUT2D eigenvalue weighted by molar-refractivity contribution is 7.99. The molecule has 0 amide bonds. The van der Waals surface area contributed by atoms with Crippen molar-refractivity contribution in [2.45, 2.75) is 31.7 Å². The summed E-state index contributed by atoms with van der Waals surface area (Å²) in [7, 11) is 0. The molecule has 0 saturated heterocycles. The van der Waals surface area contributed by atoms with Crippen LogP contribution in [0, 0.1) is 6.92 Å². The highest BCUT2D eigenvalue weighted by Gasteiger charge is 2.00. The summed E-state index contributed by atoms with van der Waals surface area (Å²) in [5.74, 6) is 0.990. The molecule has 0 aliphatic carbocycles. The minimum absolute atomic E-state index is 0.282. The lowest BCUT2D eigenvalue weighted by atomic mass is 10.1. The van der Waals surface area contributed by atoms with Gasteiger partial charge in [0.15, 0.2) is 0 Å². The molecule has 0 bridgehead atoms. The summed E-state index contributed by atoms with van der Waals surface area (Å²) in [5, 5.41) is 12.1. The second-order valence-electron chi connectivity index (χ2n) is 3.81. The number of aliphatic hydroxyl groups excluding tert-OH is 1. The normalized spacial score (nSPS) is 10.7. The van der Waals surface area contributed by atoms with Crippen LogP contribution in [0.25, 0.3) is 0 Å². The molecule has 0 saturated carbocycles. The number of nitrogens with one attached hydrogen (secondary N) is 1. The van der Waals surface area contributed by atoms with Crippen LogP contribution in [0.4, 0.5) is 0 Å². The molecule has 0 spiro atoms. The molecule has 2 nitrogen and oxygen atoms in total. The SMILES string of the molecule is CCNCc1ccc(SCCCO)c(C)c1. The zero-order valence-corrected chi connectivity index (χ0v) is 10.9. The van der Waals surface area contributed by atoms with Gasteiger partial charge in [0.1, 0.15) is 0 Å². The molecule has 0 atom stereocenters. The Balaban J connectivity index is 2.53. The van der Waals surface area contributed by atoms with Crippen molar-refractivity contribution in [2.24, 2.45) is 0 Å². The fraction of sp³-hybridized carbons (Fsp3) is 0.538. The van der Waals surface area contributed by atoms with Gasteiger partial charge in [0.25, 0.3) is 0 Å². The summed E-state index contributed by atoms with van der Waals surface area (Å²) < 4.78 is 0. The molecule has 1 aromatic rings. The highest BCUT2D eigenvalue weighted by atomic mass is 32.2. The Bertz CT molecular complexity index is 315. The first-order chi connectivity index (χ1) is 7.77. The van der Waals surface area contributed by atoms with Crippen molar-refractivity contribution in [1.82, 2.24) is 5.32 Å². The Morgan fingerprint density at radius 3 is 2.81 bits per heavy atom. The van der Waals surface area contributed by atoms with Crippen molar-refractivity contribution in [1.29, 1.82) is 0 Å². The zero-order chi connectivity index (χ0) is 11.8. The van der Waals surface area contributed by atoms with Crippen LogP contribution < -0.4 is 5.32 Å². The van der Waals surface area contributed by atoms with E-state index in [1.165, 1.54) is 16.0 Å². The number of rotatable bonds is 7. The van der Waals surface area contributed by atoms with E-state index >= 15 is 0 Å². The van der Waals surface area contributed by atoms with E-state index in [1.54, 1.807) is 0 Å². The number of thioether (sulfide) groups is 1. The number of aryl methyl sites for hydroxylation is 1. The second-order valence-corrected chi connectivity index (χ2v) is 4.94. The lowest BCUT2D eigenvalue weighted by Crippen LogP contribution is -2.11. The van der Waals surface area contributed by atoms with Gasteiger partial charge in [-0.25, -0.2) is 0 Å². The maximum atomic E-state index is 8.73. The van der Waals surface area contributed by atoms with Crippen LogP contribution in [-0.2, 0) is 6.54 Å². The molecule has 90 valence electrons. The molecule has 0 aliphatic rings. The first kappa shape index (κ1) is 13.6. The van der Waals surface area contributed by atoms with Crippen molar-refractivity contribution >= 4 is 11.8 Å². The van der Waals surface area contributed by atoms with Crippen molar-refractivity contribution in [3.63, 3.8) is 0 Å². The Morgan fingerprint density at radius 2 is 2.19 bits per heavy atom. The maximum Gasteiger partial charge on any atom is 0.0439 e. The van der Waals surface area contributed by atoms with Crippen LogP contribution in [0.1, 0.15) is 24.5 Å². The van der Waals surface area contributed by atoms with E-state index in [-0.39, 0.29) is 6.61 Å². The number of aliphatic hydroxyl groups is 1. The molecule has 1 rings (SSSR count). The van der Waals surface area contributed by atoms with Gasteiger partial charge in [0.05, 0.1) is 0 Å². The van der Waals surface area contributed by atoms with E-state index < -0.39 is 0 Å². The highest BCUT2D eigenvalue weighted by Crippen LogP contribution is 2.23. The average Bonchev–Trinajstić information content (AvgIpc) is 2.29. The molecule has 3 heteroatoms. The van der Waals surface area contributed by atoms with E-state index in [1.807, 2.05) is 11.8 Å². The van der Waals surface area contributed by atoms with Crippen molar-refractivity contribution in [3.05, 3.63) is 29.3 Å². The lowest BCUT2D eigenvalue weighted by Gasteiger charge is -2.08. The van der Waals surface area contributed by atoms with Gasteiger partial charge in [-0.2, -0.15) is 0 Å². The standard InChI is InChI=1S/C13H21NOS/c1-3-14-10-12-5-6-13(11(2)9-12)16-8-4-7-15/h5-6,9,14-15H,3-4,7-8,10H2,1-2H3. The van der Waals surface area contributed by atoms with E-state index in [2.05, 4.69) is 37.4 Å². The topological polar surface area (TPSA) is 32.3 Å². The summed E-state index contributed by atoms with van der Waals surface area (Å²) in [6.07, 6.45) is 0.864. The summed E-state index contributed by atoms with van der Waals surface area (Å²) in [6.45, 7) is 6.50. The first-order valence-corrected chi connectivity index (χ1v) is 6.80. The molecule has 0 fully saturated rings. The molecular weight excluding hydrogens is 218 g/mol. The second kappa shape index (κ2) is 7.71. The van der Waals surface area contributed by atoms with Gasteiger partial charge < -0.3 is 10.4 Å². The van der Waals surface area contributed by atoms with Gasteiger partial charge in [-0.3, -0.25) is 0 Å². The largest absolute Gasteiger partial charge is 0.396 e. The Hall–Kier alpha value is -0.510. The third-order valence-corrected chi connectivity index (χ3v) is 3.64. The van der Waals surface area contributed by atoms with Gasteiger partial charge in [-0.15, -0.1) is 11.8 Å². The molecule has 0 aliphatic heterocycles. The average molecular weight is 239 g/mol. The van der Waals surface area contributed by atoms with Gasteiger partial charge in [-0.05, 0) is 37.1 Å². The minimum Gasteiger partial charge on any atom is -0.396 e. The third-order valence-electron chi connectivity index (χ3n) is 2.38. The molecule has 2 N–H and O–H groups in total. The molecule has 16 heavy (non-hydrogen) atoms. The van der Waals surface area contributed by atoms with Crippen molar-refractivity contribution < 1.29 is 5.11 Å². The van der Waals surface area contributed by atoms with E-state index in [0.717, 1.165) is 25.3 Å². The van der Waals surface area contributed by atoms with Crippen LogP contribution in [0.15, 0.2) is 23.1 Å². The summed E-state index contributed by atoms with van der Waals surface area (Å²) in [6, 6.07) is 6.60. The molecule has 0 radical (unpaired) electrons. The van der Waals surface area contributed by atoms with Gasteiger partial charge in [0, 0.05) is 23.8 Å². The van der Waals surface area contributed by atoms with Gasteiger partial charge in [-0.1, -0.05) is 19.1 Å². The summed E-state index contributed by atoms with van der Waals surface area (Å²) in [5.41, 5.74) is 2.67. The number of benzene rings is 1. The van der Waals surface area contributed by atoms with Gasteiger partial charge >= 0.3 is 0 Å². The van der Waals surface area contributed by atoms with Crippen molar-refractivity contribution in [2.75, 3.05) is 18.9 Å². The predicted molar refractivity (Wildman–Crippen MR) is 71.0 cm³/mol. The first-order valence-electron chi connectivity index (χ1n) is 5.81. The minimum atomic E-state index is 0.282. The van der Waals surface area contributed by atoms with E-state index in [4.69, 9.17) is 5.11 Å². The van der Waals surface area contributed by atoms with Crippen LogP contribution in [0.3, 0.4) is 0 Å². The Kier molecular flexibility index (Phi) is 6.53. The van der Waals surface area contributed by atoms with E-state index in [9.17, 15) is 0 Å². The van der Waals surface area contributed by atoms with Crippen LogP contribution >= 0.6 is 11.8 Å². The van der Waals surface area contributed by atoms with Crippen molar-refractivity contribution in [3.8, 4) is 0 Å². The Labute approximate surface area is 102 Å². The third kappa shape index (κ3) is 4.56. The molecule has 0 unspecified atom stereocenters. The molecular formula is C13H21NOS. The predicted octanol–water partition coefficient (Wildman–Crippen LogP) is 2.58. The number of hydrogen-bond donors (Lipinski definition) is 2. The lowest BCUT2D eigenvalue weighted by molar-refractivity contribution is 0.296. The van der Waals surface area contributed by atoms with Crippen LogP contribution in [0.2, 0.25) is 0 Å². The van der Waals surface area contributed by atoms with Crippen LogP contribution in [0.5, 0.6) is 0 Å². The van der Waals surface area contributed by atoms with Crippen LogP contribution in [-0.4, -0.2) is 24.0 Å². The summed E-state index contributed by atoms with van der Waals surface area (Å²) in [4.78, 5) is 1.33. The molecule has 0 aromatic heterocycles. The number of hydrogen-bond acceptors (Lipinski definition) is 3. The molecule has 1 aromatic carbocycles. The quantitative estimate of drug-likeness (QED) is 0.566. The monoisotopic (exact) mass is 239 g/mol. The fourth-order valence-corrected chi connectivity index (χ4v) is 2.44.